The zero-order chi connectivity index (χ0) is 24.0. The second kappa shape index (κ2) is 8.56. The minimum absolute atomic E-state index is 0.219. The van der Waals surface area contributed by atoms with Crippen molar-refractivity contribution in [2.75, 3.05) is 31.6 Å². The maximum absolute atomic E-state index is 13.6. The van der Waals surface area contributed by atoms with Gasteiger partial charge in [-0.1, -0.05) is 60.5 Å². The number of hydrogen-bond acceptors (Lipinski definition) is 4. The van der Waals surface area contributed by atoms with Crippen molar-refractivity contribution in [2.45, 2.75) is 26.8 Å². The lowest BCUT2D eigenvalue weighted by atomic mass is 10.0. The van der Waals surface area contributed by atoms with E-state index in [1.807, 2.05) is 42.5 Å². The lowest BCUT2D eigenvalue weighted by Gasteiger charge is -2.35. The molecule has 2 atom stereocenters. The summed E-state index contributed by atoms with van der Waals surface area (Å²) in [6.45, 7) is 8.14. The van der Waals surface area contributed by atoms with Gasteiger partial charge in [-0.2, -0.15) is 0 Å². The minimum Gasteiger partial charge on any atom is -0.270 e. The van der Waals surface area contributed by atoms with E-state index in [9.17, 15) is 9.59 Å². The van der Waals surface area contributed by atoms with Crippen LogP contribution < -0.4 is 4.90 Å². The normalized spacial score (nSPS) is 22.5. The molecule has 0 aromatic heterocycles. The average Bonchev–Trinajstić information content (AvgIpc) is 3.21. The van der Waals surface area contributed by atoms with Gasteiger partial charge in [0.05, 0.1) is 13.1 Å². The standard InChI is InChI=1S/C27H30N5O2/c1-18-16-31(22-13-12-19(2)20(3)15-22)26-28-24-23(32(26)17-18)25(33)30(27(34)29(24)4)14-8-11-21-9-6-5-7-10-21/h5-13,15,18,23H,14,16-17H2,1-4H3/q+1/b11-8+. The van der Waals surface area contributed by atoms with Crippen molar-refractivity contribution in [2.24, 2.45) is 10.9 Å². The van der Waals surface area contributed by atoms with Gasteiger partial charge in [0.15, 0.2) is 0 Å². The number of anilines is 1. The van der Waals surface area contributed by atoms with E-state index in [0.29, 0.717) is 11.8 Å². The third-order valence-corrected chi connectivity index (χ3v) is 6.83. The Balaban J connectivity index is 1.47. The Morgan fingerprint density at radius 2 is 1.85 bits per heavy atom. The van der Waals surface area contributed by atoms with Gasteiger partial charge in [-0.25, -0.2) is 14.3 Å². The van der Waals surface area contributed by atoms with Crippen LogP contribution in [0, 0.1) is 19.8 Å². The first-order valence-electron chi connectivity index (χ1n) is 11.7. The van der Waals surface area contributed by atoms with E-state index in [4.69, 9.17) is 4.99 Å². The minimum atomic E-state index is -0.584. The summed E-state index contributed by atoms with van der Waals surface area (Å²) >= 11 is 0. The molecule has 174 valence electrons. The quantitative estimate of drug-likeness (QED) is 0.662. The molecule has 3 aliphatic heterocycles. The van der Waals surface area contributed by atoms with Crippen LogP contribution in [-0.2, 0) is 4.79 Å². The van der Waals surface area contributed by atoms with E-state index < -0.39 is 6.04 Å². The Labute approximate surface area is 200 Å². The van der Waals surface area contributed by atoms with Crippen LogP contribution in [0.2, 0.25) is 0 Å². The number of rotatable bonds is 4. The molecule has 7 heteroatoms. The Hall–Kier alpha value is -3.74. The molecule has 1 saturated heterocycles. The number of aliphatic imine (C=N–C) groups is 1. The molecule has 1 fully saturated rings. The summed E-state index contributed by atoms with van der Waals surface area (Å²) in [4.78, 5) is 36.6. The van der Waals surface area contributed by atoms with Crippen molar-refractivity contribution in [3.8, 4) is 0 Å². The molecule has 2 unspecified atom stereocenters. The highest BCUT2D eigenvalue weighted by atomic mass is 16.2. The third kappa shape index (κ3) is 3.71. The molecule has 0 saturated carbocycles. The highest BCUT2D eigenvalue weighted by Gasteiger charge is 2.54. The van der Waals surface area contributed by atoms with E-state index in [-0.39, 0.29) is 18.5 Å². The van der Waals surface area contributed by atoms with Gasteiger partial charge in [-0.3, -0.25) is 14.6 Å². The van der Waals surface area contributed by atoms with Crippen LogP contribution in [0.5, 0.6) is 0 Å². The number of benzene rings is 2. The number of carbonyl (C=O) groups excluding carboxylic acids is 2. The molecule has 3 aliphatic rings. The lowest BCUT2D eigenvalue weighted by Crippen LogP contribution is -2.63. The van der Waals surface area contributed by atoms with Crippen LogP contribution in [0.1, 0.15) is 23.6 Å². The first-order chi connectivity index (χ1) is 16.3. The van der Waals surface area contributed by atoms with E-state index in [1.165, 1.54) is 20.9 Å². The summed E-state index contributed by atoms with van der Waals surface area (Å²) in [7, 11) is 1.71. The van der Waals surface area contributed by atoms with Gasteiger partial charge in [-0.15, -0.1) is 0 Å². The first-order valence-corrected chi connectivity index (χ1v) is 11.7. The molecule has 0 aliphatic carbocycles. The van der Waals surface area contributed by atoms with Crippen LogP contribution in [0.25, 0.3) is 6.08 Å². The number of likely N-dealkylation sites (N-methyl/N-ethyl adjacent to an activating group) is 1. The number of fused-ring (bicyclic) bond motifs is 2. The van der Waals surface area contributed by atoms with E-state index in [1.54, 1.807) is 7.05 Å². The summed E-state index contributed by atoms with van der Waals surface area (Å²) in [5.74, 6) is 1.37. The second-order valence-corrected chi connectivity index (χ2v) is 9.41. The summed E-state index contributed by atoms with van der Waals surface area (Å²) < 4.78 is 2.07. The molecule has 0 radical (unpaired) electrons. The van der Waals surface area contributed by atoms with Crippen LogP contribution in [0.15, 0.2) is 59.6 Å². The van der Waals surface area contributed by atoms with Crippen LogP contribution >= 0.6 is 0 Å². The molecule has 2 aromatic rings. The maximum atomic E-state index is 13.6. The molecule has 34 heavy (non-hydrogen) atoms. The molecule has 3 heterocycles. The SMILES string of the molecule is Cc1ccc(N2CC(C)C[N+]3=C2N=C2C3C(=O)N(C/C=C/c3ccccc3)C(=O)N2C)cc1C. The fraction of sp³-hybridized carbons (Fsp3) is 0.333. The highest BCUT2D eigenvalue weighted by molar-refractivity contribution is 6.24. The molecule has 5 rings (SSSR count). The number of urea groups is 1. The number of nitrogens with zero attached hydrogens (tertiary/aromatic N) is 5. The number of guanidine groups is 1. The smallest absolute Gasteiger partial charge is 0.270 e. The number of hydrogen-bond donors (Lipinski definition) is 0. The second-order valence-electron chi connectivity index (χ2n) is 9.41. The van der Waals surface area contributed by atoms with Crippen molar-refractivity contribution in [3.63, 3.8) is 0 Å². The number of aryl methyl sites for hydroxylation is 2. The first kappa shape index (κ1) is 22.1. The topological polar surface area (TPSA) is 59.2 Å². The summed E-state index contributed by atoms with van der Waals surface area (Å²) in [6.07, 6.45) is 3.79. The third-order valence-electron chi connectivity index (χ3n) is 6.83. The van der Waals surface area contributed by atoms with Gasteiger partial charge in [0.25, 0.3) is 5.91 Å². The van der Waals surface area contributed by atoms with Gasteiger partial charge in [-0.05, 0) is 42.7 Å². The van der Waals surface area contributed by atoms with Crippen LogP contribution in [0.4, 0.5) is 10.5 Å². The molecule has 0 N–H and O–H groups in total. The summed E-state index contributed by atoms with van der Waals surface area (Å²) in [5.41, 5.74) is 4.54. The van der Waals surface area contributed by atoms with E-state index in [0.717, 1.165) is 30.3 Å². The van der Waals surface area contributed by atoms with Crippen molar-refractivity contribution in [1.82, 2.24) is 9.80 Å². The maximum Gasteiger partial charge on any atom is 0.397 e. The number of carbonyl (C=O) groups is 2. The van der Waals surface area contributed by atoms with Gasteiger partial charge in [0.1, 0.15) is 5.69 Å². The average molecular weight is 457 g/mol. The highest BCUT2D eigenvalue weighted by Crippen LogP contribution is 2.29. The van der Waals surface area contributed by atoms with Crippen molar-refractivity contribution in [3.05, 3.63) is 71.3 Å². The van der Waals surface area contributed by atoms with Gasteiger partial charge >= 0.3 is 12.0 Å². The molecule has 0 spiro atoms. The Kier molecular flexibility index (Phi) is 5.55. The zero-order valence-electron chi connectivity index (χ0n) is 20.1. The predicted molar refractivity (Wildman–Crippen MR) is 134 cm³/mol. The Morgan fingerprint density at radius 3 is 2.59 bits per heavy atom. The van der Waals surface area contributed by atoms with Crippen LogP contribution in [0.3, 0.4) is 0 Å². The molecule has 7 nitrogen and oxygen atoms in total. The lowest BCUT2D eigenvalue weighted by molar-refractivity contribution is -0.545. The molecular formula is C27H30N5O2+. The van der Waals surface area contributed by atoms with Crippen LogP contribution in [-0.4, -0.2) is 70.8 Å². The summed E-state index contributed by atoms with van der Waals surface area (Å²) in [6, 6.07) is 15.3. The fourth-order valence-electron chi connectivity index (χ4n) is 4.84. The predicted octanol–water partition coefficient (Wildman–Crippen LogP) is 3.52. The van der Waals surface area contributed by atoms with Crippen molar-refractivity contribution < 1.29 is 14.2 Å². The number of amides is 3. The van der Waals surface area contributed by atoms with E-state index >= 15 is 0 Å². The molecule has 0 bridgehead atoms. The fourth-order valence-corrected chi connectivity index (χ4v) is 4.84. The molecule has 3 amide bonds. The molecule has 2 aromatic carbocycles. The molecular weight excluding hydrogens is 426 g/mol. The largest absolute Gasteiger partial charge is 0.397 e. The Bertz CT molecular complexity index is 1250. The van der Waals surface area contributed by atoms with E-state index in [2.05, 4.69) is 48.4 Å². The number of imide groups is 1. The van der Waals surface area contributed by atoms with Crippen molar-refractivity contribution in [1.29, 1.82) is 0 Å². The van der Waals surface area contributed by atoms with Gasteiger partial charge < -0.3 is 0 Å². The zero-order valence-corrected chi connectivity index (χ0v) is 20.1. The number of amidine groups is 1. The monoisotopic (exact) mass is 456 g/mol. The van der Waals surface area contributed by atoms with Gasteiger partial charge in [0.2, 0.25) is 11.9 Å². The van der Waals surface area contributed by atoms with Gasteiger partial charge in [0, 0.05) is 19.5 Å². The van der Waals surface area contributed by atoms with Crippen molar-refractivity contribution >= 4 is 35.5 Å². The Morgan fingerprint density at radius 1 is 1.09 bits per heavy atom. The summed E-state index contributed by atoms with van der Waals surface area (Å²) in [5, 5.41) is 0.